The fraction of sp³-hybridized carbons (Fsp3) is 0.212. The quantitative estimate of drug-likeness (QED) is 0.218. The van der Waals surface area contributed by atoms with Crippen LogP contribution in [0.2, 0.25) is 0 Å². The number of aryl methyl sites for hydroxylation is 4. The van der Waals surface area contributed by atoms with Crippen LogP contribution in [-0.4, -0.2) is 12.4 Å². The van der Waals surface area contributed by atoms with E-state index in [0.29, 0.717) is 17.8 Å². The molecule has 5 aromatic rings. The van der Waals surface area contributed by atoms with Crippen molar-refractivity contribution in [3.63, 3.8) is 0 Å². The fourth-order valence-electron chi connectivity index (χ4n) is 5.02. The number of para-hydroxylation sites is 1. The average Bonchev–Trinajstić information content (AvgIpc) is 3.27. The molecule has 39 heavy (non-hydrogen) atoms. The number of hydrogen-bond acceptors (Lipinski definition) is 4. The molecule has 1 aromatic heterocycles. The Morgan fingerprint density at radius 1 is 0.718 bits per heavy atom. The summed E-state index contributed by atoms with van der Waals surface area (Å²) < 4.78 is 35.5. The van der Waals surface area contributed by atoms with Gasteiger partial charge in [0.2, 0.25) is 0 Å². The number of nitrogens with one attached hydrogen (secondary N) is 1. The van der Waals surface area contributed by atoms with Crippen molar-refractivity contribution in [2.24, 2.45) is 0 Å². The van der Waals surface area contributed by atoms with Gasteiger partial charge >= 0.3 is 0 Å². The SMILES string of the molecule is Cc1ccc(S(=O)(=O)n2c(COCc3ccccc3Nc3cccc(C)c3C)cc3cc(C)cc(C)c32)cc1. The van der Waals surface area contributed by atoms with Crippen LogP contribution in [0.5, 0.6) is 0 Å². The summed E-state index contributed by atoms with van der Waals surface area (Å²) in [6, 6.07) is 27.2. The summed E-state index contributed by atoms with van der Waals surface area (Å²) in [4.78, 5) is 0.259. The molecule has 200 valence electrons. The van der Waals surface area contributed by atoms with Gasteiger partial charge in [-0.3, -0.25) is 0 Å². The lowest BCUT2D eigenvalue weighted by Crippen LogP contribution is -2.17. The van der Waals surface area contributed by atoms with Crippen LogP contribution < -0.4 is 5.32 Å². The van der Waals surface area contributed by atoms with E-state index in [4.69, 9.17) is 4.74 Å². The Hall–Kier alpha value is -3.87. The molecule has 6 heteroatoms. The second-order valence-electron chi connectivity index (χ2n) is 10.3. The number of hydrogen-bond donors (Lipinski definition) is 1. The van der Waals surface area contributed by atoms with Crippen LogP contribution >= 0.6 is 0 Å². The zero-order valence-electron chi connectivity index (χ0n) is 23.1. The van der Waals surface area contributed by atoms with E-state index in [1.807, 2.05) is 81.4 Å². The van der Waals surface area contributed by atoms with E-state index in [2.05, 4.69) is 31.3 Å². The van der Waals surface area contributed by atoms with Crippen LogP contribution in [-0.2, 0) is 28.0 Å². The van der Waals surface area contributed by atoms with Crippen molar-refractivity contribution >= 4 is 32.3 Å². The minimum atomic E-state index is -3.83. The van der Waals surface area contributed by atoms with Gasteiger partial charge in [-0.2, -0.15) is 0 Å². The molecular formula is C33H34N2O3S. The highest BCUT2D eigenvalue weighted by molar-refractivity contribution is 7.90. The normalized spacial score (nSPS) is 11.7. The minimum absolute atomic E-state index is 0.149. The molecule has 0 bridgehead atoms. The fourth-order valence-corrected chi connectivity index (χ4v) is 6.61. The molecule has 0 atom stereocenters. The van der Waals surface area contributed by atoms with E-state index in [-0.39, 0.29) is 11.5 Å². The average molecular weight is 539 g/mol. The number of benzene rings is 4. The maximum atomic E-state index is 13.9. The summed E-state index contributed by atoms with van der Waals surface area (Å²) in [6.45, 7) is 10.6. The van der Waals surface area contributed by atoms with Crippen LogP contribution in [0.1, 0.15) is 39.1 Å². The Morgan fingerprint density at radius 3 is 2.21 bits per heavy atom. The second-order valence-corrected chi connectivity index (χ2v) is 12.0. The Morgan fingerprint density at radius 2 is 1.44 bits per heavy atom. The van der Waals surface area contributed by atoms with E-state index in [1.165, 1.54) is 15.1 Å². The topological polar surface area (TPSA) is 60.3 Å². The standard InChI is InChI=1S/C33H34N2O3S/c1-22-13-15-30(16-14-22)39(36,37)35-29(19-28-18-23(2)17-25(4)33(28)35)21-38-20-27-10-6-7-11-32(27)34-31-12-8-9-24(3)26(31)5/h6-19,34H,20-21H2,1-5H3. The number of ether oxygens (including phenoxy) is 1. The Balaban J connectivity index is 1.47. The highest BCUT2D eigenvalue weighted by Crippen LogP contribution is 2.31. The van der Waals surface area contributed by atoms with E-state index in [9.17, 15) is 8.42 Å². The molecule has 1 N–H and O–H groups in total. The molecule has 1 heterocycles. The molecule has 5 nitrogen and oxygen atoms in total. The highest BCUT2D eigenvalue weighted by atomic mass is 32.2. The lowest BCUT2D eigenvalue weighted by Gasteiger charge is -2.16. The molecule has 4 aromatic carbocycles. The summed E-state index contributed by atoms with van der Waals surface area (Å²) in [6.07, 6.45) is 0. The van der Waals surface area contributed by atoms with Crippen molar-refractivity contribution in [3.05, 3.63) is 124 Å². The lowest BCUT2D eigenvalue weighted by molar-refractivity contribution is 0.105. The van der Waals surface area contributed by atoms with Gasteiger partial charge in [-0.15, -0.1) is 0 Å². The Bertz CT molecular complexity index is 1770. The lowest BCUT2D eigenvalue weighted by atomic mass is 10.1. The second kappa shape index (κ2) is 10.7. The monoisotopic (exact) mass is 538 g/mol. The van der Waals surface area contributed by atoms with Gasteiger partial charge in [-0.05, 0) is 87.7 Å². The van der Waals surface area contributed by atoms with Crippen molar-refractivity contribution < 1.29 is 13.2 Å². The smallest absolute Gasteiger partial charge is 0.268 e. The van der Waals surface area contributed by atoms with E-state index in [1.54, 1.807) is 12.1 Å². The summed E-state index contributed by atoms with van der Waals surface area (Å²) >= 11 is 0. The van der Waals surface area contributed by atoms with Gasteiger partial charge in [0.1, 0.15) is 0 Å². The van der Waals surface area contributed by atoms with Crippen LogP contribution in [0.4, 0.5) is 11.4 Å². The summed E-state index contributed by atoms with van der Waals surface area (Å²) in [5.41, 5.74) is 9.73. The first-order valence-electron chi connectivity index (χ1n) is 13.1. The van der Waals surface area contributed by atoms with E-state index < -0.39 is 10.0 Å². The van der Waals surface area contributed by atoms with Crippen LogP contribution in [0.3, 0.4) is 0 Å². The van der Waals surface area contributed by atoms with Gasteiger partial charge < -0.3 is 10.1 Å². The number of fused-ring (bicyclic) bond motifs is 1. The zero-order chi connectivity index (χ0) is 27.7. The molecule has 0 aliphatic rings. The van der Waals surface area contributed by atoms with Crippen molar-refractivity contribution in [2.75, 3.05) is 5.32 Å². The maximum Gasteiger partial charge on any atom is 0.268 e. The van der Waals surface area contributed by atoms with Gasteiger partial charge in [0.25, 0.3) is 10.0 Å². The van der Waals surface area contributed by atoms with Gasteiger partial charge in [0, 0.05) is 22.3 Å². The molecule has 0 aliphatic heterocycles. The Labute approximate surface area is 231 Å². The number of aromatic nitrogens is 1. The first-order chi connectivity index (χ1) is 18.6. The first kappa shape index (κ1) is 26.7. The molecule has 0 spiro atoms. The third-order valence-electron chi connectivity index (χ3n) is 7.22. The molecule has 0 saturated carbocycles. The number of nitrogens with zero attached hydrogens (tertiary/aromatic N) is 1. The minimum Gasteiger partial charge on any atom is -0.370 e. The van der Waals surface area contributed by atoms with Gasteiger partial charge in [-0.25, -0.2) is 12.4 Å². The molecule has 5 rings (SSSR count). The molecule has 0 saturated heterocycles. The number of rotatable bonds is 8. The van der Waals surface area contributed by atoms with Gasteiger partial charge in [0.15, 0.2) is 0 Å². The van der Waals surface area contributed by atoms with Crippen molar-refractivity contribution in [2.45, 2.75) is 52.7 Å². The molecule has 0 aliphatic carbocycles. The largest absolute Gasteiger partial charge is 0.370 e. The zero-order valence-corrected chi connectivity index (χ0v) is 23.9. The van der Waals surface area contributed by atoms with Gasteiger partial charge in [0.05, 0.1) is 29.3 Å². The summed E-state index contributed by atoms with van der Waals surface area (Å²) in [5, 5.41) is 4.43. The van der Waals surface area contributed by atoms with Gasteiger partial charge in [-0.1, -0.05) is 59.7 Å². The highest BCUT2D eigenvalue weighted by Gasteiger charge is 2.24. The molecular weight excluding hydrogens is 504 g/mol. The van der Waals surface area contributed by atoms with Crippen LogP contribution in [0.15, 0.2) is 89.8 Å². The third kappa shape index (κ3) is 5.35. The molecule has 0 amide bonds. The first-order valence-corrected chi connectivity index (χ1v) is 14.5. The van der Waals surface area contributed by atoms with E-state index >= 15 is 0 Å². The Kier molecular flexibility index (Phi) is 7.34. The maximum absolute atomic E-state index is 13.9. The van der Waals surface area contributed by atoms with Crippen molar-refractivity contribution in [1.82, 2.24) is 3.97 Å². The number of anilines is 2. The van der Waals surface area contributed by atoms with Crippen LogP contribution in [0, 0.1) is 34.6 Å². The van der Waals surface area contributed by atoms with Crippen LogP contribution in [0.25, 0.3) is 10.9 Å². The van der Waals surface area contributed by atoms with Crippen molar-refractivity contribution in [3.8, 4) is 0 Å². The molecule has 0 fully saturated rings. The molecule has 0 unspecified atom stereocenters. The predicted molar refractivity (Wildman–Crippen MR) is 159 cm³/mol. The van der Waals surface area contributed by atoms with E-state index in [0.717, 1.165) is 39.0 Å². The van der Waals surface area contributed by atoms with Crippen molar-refractivity contribution in [1.29, 1.82) is 0 Å². The summed E-state index contributed by atoms with van der Waals surface area (Å²) in [5.74, 6) is 0. The third-order valence-corrected chi connectivity index (χ3v) is 8.98. The predicted octanol–water partition coefficient (Wildman–Crippen LogP) is 7.88. The molecule has 0 radical (unpaired) electrons. The summed E-state index contributed by atoms with van der Waals surface area (Å²) in [7, 11) is -3.83.